The van der Waals surface area contributed by atoms with Gasteiger partial charge < -0.3 is 5.32 Å². The Hall–Kier alpha value is -1.03. The van der Waals surface area contributed by atoms with E-state index in [4.69, 9.17) is 23.2 Å². The van der Waals surface area contributed by atoms with Crippen molar-refractivity contribution in [3.05, 3.63) is 51.8 Å². The van der Waals surface area contributed by atoms with Crippen molar-refractivity contribution in [3.63, 3.8) is 0 Å². The highest BCUT2D eigenvalue weighted by Crippen LogP contribution is 2.23. The first-order valence-corrected chi connectivity index (χ1v) is 6.54. The Labute approximate surface area is 117 Å². The predicted molar refractivity (Wildman–Crippen MR) is 75.1 cm³/mol. The second kappa shape index (κ2) is 6.23. The van der Waals surface area contributed by atoms with Crippen LogP contribution in [-0.4, -0.2) is 16.3 Å². The Morgan fingerprint density at radius 1 is 1.22 bits per heavy atom. The number of nitrogens with zero attached hydrogens (tertiary/aromatic N) is 2. The molecule has 1 N–H and O–H groups in total. The highest BCUT2D eigenvalue weighted by Gasteiger charge is 2.04. The van der Waals surface area contributed by atoms with Crippen molar-refractivity contribution < 1.29 is 0 Å². The summed E-state index contributed by atoms with van der Waals surface area (Å²) < 4.78 is 1.81. The molecule has 18 heavy (non-hydrogen) atoms. The summed E-state index contributed by atoms with van der Waals surface area (Å²) in [5, 5.41) is 9.04. The van der Waals surface area contributed by atoms with Gasteiger partial charge in [-0.05, 0) is 18.2 Å². The van der Waals surface area contributed by atoms with E-state index in [1.165, 1.54) is 0 Å². The van der Waals surface area contributed by atoms with Gasteiger partial charge in [-0.2, -0.15) is 5.10 Å². The van der Waals surface area contributed by atoms with Crippen molar-refractivity contribution in [3.8, 4) is 0 Å². The van der Waals surface area contributed by atoms with E-state index in [1.807, 2.05) is 37.5 Å². The van der Waals surface area contributed by atoms with Gasteiger partial charge in [0.15, 0.2) is 0 Å². The average Bonchev–Trinajstić information content (AvgIpc) is 2.73. The Balaban J connectivity index is 1.82. The molecule has 0 saturated carbocycles. The van der Waals surface area contributed by atoms with E-state index < -0.39 is 0 Å². The molecule has 0 aliphatic carbocycles. The lowest BCUT2D eigenvalue weighted by Crippen LogP contribution is -2.17. The van der Waals surface area contributed by atoms with Gasteiger partial charge in [0.1, 0.15) is 0 Å². The molecule has 0 spiro atoms. The Bertz CT molecular complexity index is 502. The van der Waals surface area contributed by atoms with Crippen LogP contribution in [-0.2, 0) is 20.0 Å². The molecular weight excluding hydrogens is 269 g/mol. The number of halogens is 2. The van der Waals surface area contributed by atoms with Crippen LogP contribution in [0.2, 0.25) is 10.0 Å². The molecule has 0 fully saturated rings. The first-order valence-electron chi connectivity index (χ1n) is 5.79. The van der Waals surface area contributed by atoms with Gasteiger partial charge in [0.2, 0.25) is 0 Å². The molecule has 96 valence electrons. The van der Waals surface area contributed by atoms with Gasteiger partial charge in [0, 0.05) is 48.4 Å². The summed E-state index contributed by atoms with van der Waals surface area (Å²) in [4.78, 5) is 0. The van der Waals surface area contributed by atoms with Gasteiger partial charge in [-0.3, -0.25) is 4.68 Å². The van der Waals surface area contributed by atoms with E-state index in [0.717, 1.165) is 24.2 Å². The van der Waals surface area contributed by atoms with Crippen LogP contribution in [0.25, 0.3) is 0 Å². The summed E-state index contributed by atoms with van der Waals surface area (Å²) >= 11 is 12.2. The summed E-state index contributed by atoms with van der Waals surface area (Å²) in [6.07, 6.45) is 2.84. The lowest BCUT2D eigenvalue weighted by molar-refractivity contribution is 0.665. The molecule has 3 nitrogen and oxygen atoms in total. The smallest absolute Gasteiger partial charge is 0.0637 e. The van der Waals surface area contributed by atoms with E-state index in [0.29, 0.717) is 16.6 Å². The standard InChI is InChI=1S/C13H15Cl2N3/c1-18-8-6-10(17-18)5-7-16-9-11-12(14)3-2-4-13(11)15/h2-4,6,8,16H,5,7,9H2,1H3. The van der Waals surface area contributed by atoms with E-state index in [-0.39, 0.29) is 0 Å². The molecule has 1 heterocycles. The Kier molecular flexibility index (Phi) is 4.64. The number of hydrogen-bond donors (Lipinski definition) is 1. The highest BCUT2D eigenvalue weighted by atomic mass is 35.5. The maximum Gasteiger partial charge on any atom is 0.0637 e. The second-order valence-electron chi connectivity index (χ2n) is 4.11. The van der Waals surface area contributed by atoms with Crippen molar-refractivity contribution in [1.29, 1.82) is 0 Å². The van der Waals surface area contributed by atoms with Gasteiger partial charge in [-0.15, -0.1) is 0 Å². The van der Waals surface area contributed by atoms with Crippen molar-refractivity contribution in [2.45, 2.75) is 13.0 Å². The molecule has 0 bridgehead atoms. The van der Waals surface area contributed by atoms with E-state index in [1.54, 1.807) is 4.68 Å². The molecule has 0 aliphatic rings. The zero-order chi connectivity index (χ0) is 13.0. The third kappa shape index (κ3) is 3.48. The van der Waals surface area contributed by atoms with Gasteiger partial charge >= 0.3 is 0 Å². The quantitative estimate of drug-likeness (QED) is 0.855. The van der Waals surface area contributed by atoms with Gasteiger partial charge in [0.25, 0.3) is 0 Å². The van der Waals surface area contributed by atoms with Crippen molar-refractivity contribution >= 4 is 23.2 Å². The van der Waals surface area contributed by atoms with Crippen LogP contribution in [0.3, 0.4) is 0 Å². The molecular formula is C13H15Cl2N3. The summed E-state index contributed by atoms with van der Waals surface area (Å²) in [7, 11) is 1.92. The van der Waals surface area contributed by atoms with Crippen LogP contribution >= 0.6 is 23.2 Å². The molecule has 0 aliphatic heterocycles. The van der Waals surface area contributed by atoms with E-state index in [9.17, 15) is 0 Å². The number of aryl methyl sites for hydroxylation is 1. The van der Waals surface area contributed by atoms with Crippen LogP contribution in [0.5, 0.6) is 0 Å². The first-order chi connectivity index (χ1) is 8.66. The number of aromatic nitrogens is 2. The van der Waals surface area contributed by atoms with Crippen molar-refractivity contribution in [2.24, 2.45) is 7.05 Å². The van der Waals surface area contributed by atoms with Crippen LogP contribution in [0.1, 0.15) is 11.3 Å². The van der Waals surface area contributed by atoms with Crippen LogP contribution in [0, 0.1) is 0 Å². The lowest BCUT2D eigenvalue weighted by Gasteiger charge is -2.07. The minimum Gasteiger partial charge on any atom is -0.312 e. The van der Waals surface area contributed by atoms with Crippen LogP contribution < -0.4 is 5.32 Å². The summed E-state index contributed by atoms with van der Waals surface area (Å²) in [5.41, 5.74) is 2.03. The summed E-state index contributed by atoms with van der Waals surface area (Å²) in [6.45, 7) is 1.52. The minimum atomic E-state index is 0.672. The van der Waals surface area contributed by atoms with Crippen LogP contribution in [0.4, 0.5) is 0 Å². The minimum absolute atomic E-state index is 0.672. The number of hydrogen-bond acceptors (Lipinski definition) is 2. The number of nitrogens with one attached hydrogen (secondary N) is 1. The Morgan fingerprint density at radius 3 is 2.56 bits per heavy atom. The van der Waals surface area contributed by atoms with Gasteiger partial charge in [0.05, 0.1) is 5.69 Å². The molecule has 0 saturated heterocycles. The van der Waals surface area contributed by atoms with E-state index in [2.05, 4.69) is 10.4 Å². The summed E-state index contributed by atoms with van der Waals surface area (Å²) in [5.74, 6) is 0. The molecule has 0 radical (unpaired) electrons. The fraction of sp³-hybridized carbons (Fsp3) is 0.308. The fourth-order valence-electron chi connectivity index (χ4n) is 1.73. The third-order valence-corrected chi connectivity index (χ3v) is 3.40. The van der Waals surface area contributed by atoms with Crippen molar-refractivity contribution in [2.75, 3.05) is 6.54 Å². The van der Waals surface area contributed by atoms with Crippen molar-refractivity contribution in [1.82, 2.24) is 15.1 Å². The molecule has 0 atom stereocenters. The molecule has 0 amide bonds. The first kappa shape index (κ1) is 13.4. The lowest BCUT2D eigenvalue weighted by atomic mass is 10.2. The number of rotatable bonds is 5. The zero-order valence-electron chi connectivity index (χ0n) is 10.2. The molecule has 2 rings (SSSR count). The molecule has 1 aromatic heterocycles. The molecule has 1 aromatic carbocycles. The monoisotopic (exact) mass is 283 g/mol. The van der Waals surface area contributed by atoms with Gasteiger partial charge in [-0.25, -0.2) is 0 Å². The maximum atomic E-state index is 6.09. The highest BCUT2D eigenvalue weighted by molar-refractivity contribution is 6.35. The third-order valence-electron chi connectivity index (χ3n) is 2.69. The number of benzene rings is 1. The topological polar surface area (TPSA) is 29.9 Å². The second-order valence-corrected chi connectivity index (χ2v) is 4.92. The van der Waals surface area contributed by atoms with E-state index >= 15 is 0 Å². The normalized spacial score (nSPS) is 10.8. The zero-order valence-corrected chi connectivity index (χ0v) is 11.7. The predicted octanol–water partition coefficient (Wildman–Crippen LogP) is 3.06. The summed E-state index contributed by atoms with van der Waals surface area (Å²) in [6, 6.07) is 7.57. The van der Waals surface area contributed by atoms with Gasteiger partial charge in [-0.1, -0.05) is 29.3 Å². The molecule has 2 aromatic rings. The Morgan fingerprint density at radius 2 is 1.94 bits per heavy atom. The largest absolute Gasteiger partial charge is 0.312 e. The SMILES string of the molecule is Cn1ccc(CCNCc2c(Cl)cccc2Cl)n1. The maximum absolute atomic E-state index is 6.09. The average molecular weight is 284 g/mol. The molecule has 0 unspecified atom stereocenters. The fourth-order valence-corrected chi connectivity index (χ4v) is 2.26. The molecule has 5 heteroatoms. The van der Waals surface area contributed by atoms with Crippen LogP contribution in [0.15, 0.2) is 30.5 Å².